The Bertz CT molecular complexity index is 728. The molecule has 0 radical (unpaired) electrons. The van der Waals surface area contributed by atoms with Crippen LogP contribution in [-0.2, 0) is 0 Å². The zero-order chi connectivity index (χ0) is 14.7. The molecule has 20 heavy (non-hydrogen) atoms. The number of nitriles is 1. The summed E-state index contributed by atoms with van der Waals surface area (Å²) in [4.78, 5) is 10.2. The van der Waals surface area contributed by atoms with Crippen LogP contribution in [0, 0.1) is 27.3 Å². The van der Waals surface area contributed by atoms with Crippen LogP contribution in [0.3, 0.4) is 0 Å². The smallest absolute Gasteiger partial charge is 0.311 e. The van der Waals surface area contributed by atoms with Gasteiger partial charge in [-0.25, -0.2) is 4.39 Å². The van der Waals surface area contributed by atoms with Crippen molar-refractivity contribution in [1.29, 1.82) is 5.26 Å². The number of nitrogens with zero attached hydrogens (tertiary/aromatic N) is 2. The van der Waals surface area contributed by atoms with Crippen LogP contribution in [0.2, 0.25) is 0 Å². The Kier molecular flexibility index (Phi) is 3.96. The molecule has 0 heterocycles. The maximum atomic E-state index is 13.2. The molecule has 2 aromatic carbocycles. The van der Waals surface area contributed by atoms with Crippen molar-refractivity contribution in [3.63, 3.8) is 0 Å². The normalized spacial score (nSPS) is 9.85. The summed E-state index contributed by atoms with van der Waals surface area (Å²) in [6.45, 7) is 0. The van der Waals surface area contributed by atoms with Crippen molar-refractivity contribution in [1.82, 2.24) is 0 Å². The minimum Gasteiger partial charge on any atom is -0.449 e. The van der Waals surface area contributed by atoms with Crippen molar-refractivity contribution in [3.05, 3.63) is 62.4 Å². The molecule has 7 heteroatoms. The number of halogens is 2. The molecule has 0 N–H and O–H groups in total. The van der Waals surface area contributed by atoms with Gasteiger partial charge in [0.2, 0.25) is 5.75 Å². The van der Waals surface area contributed by atoms with Crippen molar-refractivity contribution >= 4 is 21.6 Å². The lowest BCUT2D eigenvalue weighted by Gasteiger charge is -2.08. The lowest BCUT2D eigenvalue weighted by molar-refractivity contribution is -0.385. The van der Waals surface area contributed by atoms with E-state index >= 15 is 0 Å². The lowest BCUT2D eigenvalue weighted by Crippen LogP contribution is -1.95. The standard InChI is InChI=1S/C13H6BrFN2O3/c14-9-2-1-8(7-16)12(5-9)20-13-6-10(15)3-4-11(13)17(18)19/h1-6H. The van der Waals surface area contributed by atoms with Gasteiger partial charge < -0.3 is 4.74 Å². The third kappa shape index (κ3) is 2.92. The summed E-state index contributed by atoms with van der Waals surface area (Å²) >= 11 is 3.20. The number of rotatable bonds is 3. The monoisotopic (exact) mass is 336 g/mol. The molecule has 2 aromatic rings. The maximum Gasteiger partial charge on any atom is 0.311 e. The van der Waals surface area contributed by atoms with E-state index in [-0.39, 0.29) is 22.7 Å². The molecule has 0 aliphatic heterocycles. The summed E-state index contributed by atoms with van der Waals surface area (Å²) in [5.74, 6) is -0.820. The van der Waals surface area contributed by atoms with Gasteiger partial charge in [0.25, 0.3) is 0 Å². The van der Waals surface area contributed by atoms with Crippen LogP contribution < -0.4 is 4.74 Å². The Labute approximate surface area is 121 Å². The third-order valence-electron chi connectivity index (χ3n) is 2.40. The fraction of sp³-hybridized carbons (Fsp3) is 0. The quantitative estimate of drug-likeness (QED) is 0.622. The maximum absolute atomic E-state index is 13.2. The minimum absolute atomic E-state index is 0.107. The molecular weight excluding hydrogens is 331 g/mol. The third-order valence-corrected chi connectivity index (χ3v) is 2.90. The molecule has 0 aliphatic carbocycles. The molecule has 5 nitrogen and oxygen atoms in total. The molecule has 0 saturated heterocycles. The van der Waals surface area contributed by atoms with E-state index < -0.39 is 10.7 Å². The zero-order valence-electron chi connectivity index (χ0n) is 9.84. The Hall–Kier alpha value is -2.46. The SMILES string of the molecule is N#Cc1ccc(Br)cc1Oc1cc(F)ccc1[N+](=O)[O-]. The number of benzene rings is 2. The number of nitro benzene ring substituents is 1. The molecule has 0 atom stereocenters. The first-order chi connectivity index (χ1) is 9.51. The van der Waals surface area contributed by atoms with E-state index in [1.165, 1.54) is 12.1 Å². The van der Waals surface area contributed by atoms with Crippen LogP contribution in [0.1, 0.15) is 5.56 Å². The van der Waals surface area contributed by atoms with Gasteiger partial charge in [0.1, 0.15) is 17.6 Å². The molecule has 2 rings (SSSR count). The second-order valence-electron chi connectivity index (χ2n) is 3.72. The van der Waals surface area contributed by atoms with E-state index in [0.717, 1.165) is 18.2 Å². The first kappa shape index (κ1) is 14.0. The highest BCUT2D eigenvalue weighted by Crippen LogP contribution is 2.34. The van der Waals surface area contributed by atoms with Crippen LogP contribution in [0.5, 0.6) is 11.5 Å². The Morgan fingerprint density at radius 2 is 2.00 bits per heavy atom. The highest BCUT2D eigenvalue weighted by Gasteiger charge is 2.18. The number of nitro groups is 1. The summed E-state index contributed by atoms with van der Waals surface area (Å²) in [6, 6.07) is 9.38. The summed E-state index contributed by atoms with van der Waals surface area (Å²) in [7, 11) is 0. The fourth-order valence-corrected chi connectivity index (χ4v) is 1.85. The minimum atomic E-state index is -0.682. The first-order valence-corrected chi connectivity index (χ1v) is 6.12. The predicted octanol–water partition coefficient (Wildman–Crippen LogP) is 4.16. The van der Waals surface area contributed by atoms with Gasteiger partial charge in [-0.15, -0.1) is 0 Å². The summed E-state index contributed by atoms with van der Waals surface area (Å²) in [6.07, 6.45) is 0. The van der Waals surface area contributed by atoms with Gasteiger partial charge in [0.05, 0.1) is 10.5 Å². The van der Waals surface area contributed by atoms with E-state index in [0.29, 0.717) is 4.47 Å². The van der Waals surface area contributed by atoms with E-state index in [1.807, 2.05) is 6.07 Å². The van der Waals surface area contributed by atoms with Crippen LogP contribution in [0.4, 0.5) is 10.1 Å². The van der Waals surface area contributed by atoms with Gasteiger partial charge in [0.15, 0.2) is 0 Å². The average Bonchev–Trinajstić information content (AvgIpc) is 2.38. The van der Waals surface area contributed by atoms with E-state index in [9.17, 15) is 14.5 Å². The van der Waals surface area contributed by atoms with E-state index in [4.69, 9.17) is 10.00 Å². The Balaban J connectivity index is 2.50. The average molecular weight is 337 g/mol. The van der Waals surface area contributed by atoms with Gasteiger partial charge in [-0.2, -0.15) is 5.26 Å². The lowest BCUT2D eigenvalue weighted by atomic mass is 10.2. The van der Waals surface area contributed by atoms with Crippen molar-refractivity contribution < 1.29 is 14.1 Å². The van der Waals surface area contributed by atoms with Gasteiger partial charge in [-0.05, 0) is 24.3 Å². The van der Waals surface area contributed by atoms with Crippen LogP contribution in [-0.4, -0.2) is 4.92 Å². The Morgan fingerprint density at radius 3 is 2.65 bits per heavy atom. The number of ether oxygens (including phenoxy) is 1. The molecule has 0 bridgehead atoms. The number of hydrogen-bond acceptors (Lipinski definition) is 4. The van der Waals surface area contributed by atoms with Crippen molar-refractivity contribution in [2.45, 2.75) is 0 Å². The molecule has 100 valence electrons. The van der Waals surface area contributed by atoms with Crippen LogP contribution >= 0.6 is 15.9 Å². The summed E-state index contributed by atoms with van der Waals surface area (Å²) in [5.41, 5.74) is -0.193. The molecule has 0 saturated carbocycles. The first-order valence-electron chi connectivity index (χ1n) is 5.32. The second-order valence-corrected chi connectivity index (χ2v) is 4.64. The van der Waals surface area contributed by atoms with Gasteiger partial charge in [-0.1, -0.05) is 15.9 Å². The predicted molar refractivity (Wildman–Crippen MR) is 72.0 cm³/mol. The molecule has 0 fully saturated rings. The molecule has 0 amide bonds. The Morgan fingerprint density at radius 1 is 1.25 bits per heavy atom. The molecule has 0 aliphatic rings. The van der Waals surface area contributed by atoms with Crippen molar-refractivity contribution in [2.75, 3.05) is 0 Å². The molecule has 0 spiro atoms. The fourth-order valence-electron chi connectivity index (χ4n) is 1.51. The highest BCUT2D eigenvalue weighted by atomic mass is 79.9. The summed E-state index contributed by atoms with van der Waals surface area (Å²) in [5, 5.41) is 19.8. The highest BCUT2D eigenvalue weighted by molar-refractivity contribution is 9.10. The number of hydrogen-bond donors (Lipinski definition) is 0. The van der Waals surface area contributed by atoms with Crippen LogP contribution in [0.25, 0.3) is 0 Å². The molecule has 0 unspecified atom stereocenters. The van der Waals surface area contributed by atoms with Crippen molar-refractivity contribution in [3.8, 4) is 17.6 Å². The van der Waals surface area contributed by atoms with Gasteiger partial charge in [-0.3, -0.25) is 10.1 Å². The largest absolute Gasteiger partial charge is 0.449 e. The molecular formula is C13H6BrFN2O3. The van der Waals surface area contributed by atoms with Crippen LogP contribution in [0.15, 0.2) is 40.9 Å². The van der Waals surface area contributed by atoms with Gasteiger partial charge in [0, 0.05) is 16.6 Å². The van der Waals surface area contributed by atoms with Crippen molar-refractivity contribution in [2.24, 2.45) is 0 Å². The second kappa shape index (κ2) is 5.67. The topological polar surface area (TPSA) is 76.2 Å². The van der Waals surface area contributed by atoms with Gasteiger partial charge >= 0.3 is 5.69 Å². The van der Waals surface area contributed by atoms with E-state index in [2.05, 4.69) is 15.9 Å². The molecule has 0 aromatic heterocycles. The summed E-state index contributed by atoms with van der Waals surface area (Å²) < 4.78 is 19.1. The zero-order valence-corrected chi connectivity index (χ0v) is 11.4. The van der Waals surface area contributed by atoms with E-state index in [1.54, 1.807) is 6.07 Å².